The van der Waals surface area contributed by atoms with Gasteiger partial charge in [-0.3, -0.25) is 15.0 Å². The van der Waals surface area contributed by atoms with E-state index in [0.29, 0.717) is 16.3 Å². The molecule has 2 atom stereocenters. The number of nitrogens with one attached hydrogen (secondary N) is 1. The van der Waals surface area contributed by atoms with Crippen LogP contribution < -0.4 is 10.3 Å². The van der Waals surface area contributed by atoms with E-state index in [2.05, 4.69) is 10.5 Å². The summed E-state index contributed by atoms with van der Waals surface area (Å²) in [5.41, 5.74) is 3.84. The van der Waals surface area contributed by atoms with Crippen molar-refractivity contribution in [3.8, 4) is 0 Å². The standard InChI is InChI=1S/C21H18ClN3O4/c1-11-4-9-15(12(2)10-11)25-18(26)16-17(19(27)29-3)23-24-21(16,20(25)28)13-5-7-14(22)8-6-13/h4-10,16,24H,1-3H3/t16-,21+/m1/s1. The van der Waals surface area contributed by atoms with Crippen molar-refractivity contribution in [2.24, 2.45) is 11.0 Å². The van der Waals surface area contributed by atoms with Crippen LogP contribution in [0.1, 0.15) is 16.7 Å². The minimum atomic E-state index is -1.54. The van der Waals surface area contributed by atoms with E-state index in [1.165, 1.54) is 7.11 Å². The fourth-order valence-corrected chi connectivity index (χ4v) is 4.11. The van der Waals surface area contributed by atoms with E-state index in [0.717, 1.165) is 16.0 Å². The molecule has 0 spiro atoms. The summed E-state index contributed by atoms with van der Waals surface area (Å²) < 4.78 is 4.79. The number of hydrogen-bond donors (Lipinski definition) is 1. The number of carbonyl (C=O) groups is 3. The van der Waals surface area contributed by atoms with Gasteiger partial charge in [-0.25, -0.2) is 9.69 Å². The number of fused-ring (bicyclic) bond motifs is 1. The summed E-state index contributed by atoms with van der Waals surface area (Å²) in [6.07, 6.45) is 0. The topological polar surface area (TPSA) is 88.1 Å². The lowest BCUT2D eigenvalue weighted by molar-refractivity contribution is -0.133. The van der Waals surface area contributed by atoms with E-state index in [1.807, 2.05) is 26.0 Å². The van der Waals surface area contributed by atoms with Gasteiger partial charge in [-0.15, -0.1) is 0 Å². The number of halogens is 1. The second-order valence-corrected chi connectivity index (χ2v) is 7.55. The maximum atomic E-state index is 13.7. The van der Waals surface area contributed by atoms with E-state index >= 15 is 0 Å². The van der Waals surface area contributed by atoms with Gasteiger partial charge in [0.25, 0.3) is 5.91 Å². The second-order valence-electron chi connectivity index (χ2n) is 7.12. The van der Waals surface area contributed by atoms with Crippen molar-refractivity contribution in [1.29, 1.82) is 0 Å². The number of hydrazone groups is 1. The number of rotatable bonds is 3. The minimum absolute atomic E-state index is 0.131. The van der Waals surface area contributed by atoms with Crippen LogP contribution >= 0.6 is 11.6 Å². The molecule has 8 heteroatoms. The summed E-state index contributed by atoms with van der Waals surface area (Å²) in [4.78, 5) is 40.6. The largest absolute Gasteiger partial charge is 0.464 e. The van der Waals surface area contributed by atoms with Gasteiger partial charge in [-0.1, -0.05) is 41.4 Å². The highest BCUT2D eigenvalue weighted by molar-refractivity contribution is 6.47. The van der Waals surface area contributed by atoms with Crippen molar-refractivity contribution < 1.29 is 19.1 Å². The first-order valence-electron chi connectivity index (χ1n) is 8.96. The lowest BCUT2D eigenvalue weighted by Gasteiger charge is -2.26. The summed E-state index contributed by atoms with van der Waals surface area (Å²) in [7, 11) is 1.20. The van der Waals surface area contributed by atoms with Crippen molar-refractivity contribution in [3.05, 3.63) is 64.2 Å². The Hall–Kier alpha value is -3.19. The number of ether oxygens (including phenoxy) is 1. The third-order valence-corrected chi connectivity index (χ3v) is 5.61. The molecule has 0 aromatic heterocycles. The molecule has 29 heavy (non-hydrogen) atoms. The molecule has 0 saturated carbocycles. The molecule has 2 amide bonds. The molecule has 0 unspecified atom stereocenters. The Labute approximate surface area is 172 Å². The summed E-state index contributed by atoms with van der Waals surface area (Å²) in [5, 5.41) is 4.50. The van der Waals surface area contributed by atoms with Gasteiger partial charge in [0.15, 0.2) is 11.3 Å². The van der Waals surface area contributed by atoms with E-state index in [-0.39, 0.29) is 5.71 Å². The molecule has 4 rings (SSSR count). The fourth-order valence-electron chi connectivity index (χ4n) is 3.98. The zero-order chi connectivity index (χ0) is 20.9. The second kappa shape index (κ2) is 6.70. The number of anilines is 1. The minimum Gasteiger partial charge on any atom is -0.464 e. The Morgan fingerprint density at radius 3 is 2.48 bits per heavy atom. The Bertz CT molecular complexity index is 1080. The molecular weight excluding hydrogens is 394 g/mol. The molecule has 1 fully saturated rings. The van der Waals surface area contributed by atoms with Crippen LogP contribution in [0, 0.1) is 19.8 Å². The molecule has 2 aromatic rings. The number of hydrogen-bond acceptors (Lipinski definition) is 6. The average molecular weight is 412 g/mol. The summed E-state index contributed by atoms with van der Waals surface area (Å²) >= 11 is 6.00. The highest BCUT2D eigenvalue weighted by Crippen LogP contribution is 2.45. The first kappa shape index (κ1) is 19.1. The number of methoxy groups -OCH3 is 1. The van der Waals surface area contributed by atoms with Crippen molar-refractivity contribution in [2.45, 2.75) is 19.4 Å². The maximum absolute atomic E-state index is 13.7. The van der Waals surface area contributed by atoms with Crippen LogP contribution in [-0.4, -0.2) is 30.6 Å². The first-order chi connectivity index (χ1) is 13.8. The number of aryl methyl sites for hydroxylation is 2. The van der Waals surface area contributed by atoms with Crippen LogP contribution in [0.5, 0.6) is 0 Å². The molecule has 0 bridgehead atoms. The molecule has 2 aliphatic rings. The summed E-state index contributed by atoms with van der Waals surface area (Å²) in [6, 6.07) is 12.0. The highest BCUT2D eigenvalue weighted by Gasteiger charge is 2.67. The van der Waals surface area contributed by atoms with Crippen LogP contribution in [0.3, 0.4) is 0 Å². The van der Waals surface area contributed by atoms with E-state index in [4.69, 9.17) is 16.3 Å². The smallest absolute Gasteiger partial charge is 0.355 e. The quantitative estimate of drug-likeness (QED) is 0.619. The first-order valence-corrected chi connectivity index (χ1v) is 9.34. The molecule has 2 aliphatic heterocycles. The van der Waals surface area contributed by atoms with Gasteiger partial charge in [0.2, 0.25) is 5.91 Å². The third-order valence-electron chi connectivity index (χ3n) is 5.35. The normalized spacial score (nSPS) is 23.0. The number of imide groups is 1. The number of esters is 1. The van der Waals surface area contributed by atoms with Gasteiger partial charge in [0.05, 0.1) is 12.8 Å². The Morgan fingerprint density at radius 2 is 1.86 bits per heavy atom. The monoisotopic (exact) mass is 411 g/mol. The van der Waals surface area contributed by atoms with Gasteiger partial charge >= 0.3 is 5.97 Å². The van der Waals surface area contributed by atoms with Crippen LogP contribution in [0.2, 0.25) is 5.02 Å². The number of nitrogens with zero attached hydrogens (tertiary/aromatic N) is 2. The van der Waals surface area contributed by atoms with Crippen molar-refractivity contribution in [3.63, 3.8) is 0 Å². The molecule has 2 aromatic carbocycles. The molecule has 148 valence electrons. The number of carbonyl (C=O) groups excluding carboxylic acids is 3. The molecule has 1 saturated heterocycles. The predicted molar refractivity (Wildman–Crippen MR) is 108 cm³/mol. The van der Waals surface area contributed by atoms with Crippen LogP contribution in [-0.2, 0) is 24.7 Å². The fraction of sp³-hybridized carbons (Fsp3) is 0.238. The van der Waals surface area contributed by atoms with Gasteiger partial charge in [0, 0.05) is 5.02 Å². The predicted octanol–water partition coefficient (Wildman–Crippen LogP) is 2.47. The van der Waals surface area contributed by atoms with Crippen LogP contribution in [0.15, 0.2) is 47.6 Å². The summed E-state index contributed by atoms with van der Waals surface area (Å²) in [5.74, 6) is -2.96. The third kappa shape index (κ3) is 2.65. The lowest BCUT2D eigenvalue weighted by atomic mass is 9.79. The number of benzene rings is 2. The molecule has 7 nitrogen and oxygen atoms in total. The van der Waals surface area contributed by atoms with Crippen molar-refractivity contribution in [2.75, 3.05) is 12.0 Å². The van der Waals surface area contributed by atoms with Gasteiger partial charge in [-0.2, -0.15) is 5.10 Å². The molecule has 2 heterocycles. The molecule has 0 aliphatic carbocycles. The molecule has 0 radical (unpaired) electrons. The van der Waals surface area contributed by atoms with Crippen LogP contribution in [0.4, 0.5) is 5.69 Å². The number of amides is 2. The zero-order valence-corrected chi connectivity index (χ0v) is 16.8. The van der Waals surface area contributed by atoms with Gasteiger partial charge in [-0.05, 0) is 43.2 Å². The van der Waals surface area contributed by atoms with E-state index in [1.54, 1.807) is 30.3 Å². The maximum Gasteiger partial charge on any atom is 0.355 e. The Balaban J connectivity index is 1.91. The summed E-state index contributed by atoms with van der Waals surface area (Å²) in [6.45, 7) is 3.76. The zero-order valence-electron chi connectivity index (χ0n) is 16.0. The Kier molecular flexibility index (Phi) is 4.42. The molecular formula is C21H18ClN3O4. The highest BCUT2D eigenvalue weighted by atomic mass is 35.5. The lowest BCUT2D eigenvalue weighted by Crippen LogP contribution is -2.48. The Morgan fingerprint density at radius 1 is 1.17 bits per heavy atom. The van der Waals surface area contributed by atoms with E-state index < -0.39 is 29.2 Å². The van der Waals surface area contributed by atoms with Crippen LogP contribution in [0.25, 0.3) is 0 Å². The van der Waals surface area contributed by atoms with Crippen molar-refractivity contribution in [1.82, 2.24) is 5.43 Å². The SMILES string of the molecule is COC(=O)C1=NN[C@]2(c3ccc(Cl)cc3)C(=O)N(c3ccc(C)cc3C)C(=O)[C@@H]12. The van der Waals surface area contributed by atoms with E-state index in [9.17, 15) is 14.4 Å². The van der Waals surface area contributed by atoms with Gasteiger partial charge in [0.1, 0.15) is 5.92 Å². The van der Waals surface area contributed by atoms with Gasteiger partial charge < -0.3 is 4.74 Å². The average Bonchev–Trinajstić information content (AvgIpc) is 3.19. The van der Waals surface area contributed by atoms with Crippen molar-refractivity contribution >= 4 is 40.8 Å². The molecule has 1 N–H and O–H groups in total.